The van der Waals surface area contributed by atoms with Gasteiger partial charge in [0.15, 0.2) is 0 Å². The third kappa shape index (κ3) is 8.09. The Kier molecular flexibility index (Phi) is 11.9. The van der Waals surface area contributed by atoms with Crippen molar-refractivity contribution in [3.05, 3.63) is 11.6 Å². The summed E-state index contributed by atoms with van der Waals surface area (Å²) in [7, 11) is 4.35. The maximum Gasteiger partial charge on any atom is 0.301 e. The highest BCUT2D eigenvalue weighted by atomic mass is 32.2. The summed E-state index contributed by atoms with van der Waals surface area (Å²) in [4.78, 5) is 0. The second-order valence-corrected chi connectivity index (χ2v) is 17.1. The van der Waals surface area contributed by atoms with Crippen LogP contribution in [0.25, 0.3) is 0 Å². The molecule has 42 heavy (non-hydrogen) atoms. The average Bonchev–Trinajstić information content (AvgIpc) is 3.27. The van der Waals surface area contributed by atoms with Gasteiger partial charge in [0.1, 0.15) is 6.23 Å². The number of rotatable bonds is 15. The molecule has 3 N–H and O–H groups in total. The van der Waals surface area contributed by atoms with Gasteiger partial charge < -0.3 is 15.0 Å². The highest BCUT2D eigenvalue weighted by molar-refractivity contribution is 7.74. The SMILES string of the molecule is CC(C)CCC[C@@H](C)[C@H]1CC[C@H]2[C@@H]3CC=C4C[C@@H](OC(N)CC[N+](C)(C)CCCOS(=O)O)CC[C@]4(C)[C@H]3CC[C@]12C. The van der Waals surface area contributed by atoms with Gasteiger partial charge in [0.05, 0.1) is 39.9 Å². The molecule has 3 saturated carbocycles. The zero-order valence-corrected chi connectivity index (χ0v) is 28.9. The fourth-order valence-corrected chi connectivity index (χ4v) is 10.6. The van der Waals surface area contributed by atoms with Crippen LogP contribution in [0.15, 0.2) is 11.6 Å². The van der Waals surface area contributed by atoms with Crippen molar-refractivity contribution in [1.29, 1.82) is 0 Å². The third-order valence-electron chi connectivity index (χ3n) is 12.7. The van der Waals surface area contributed by atoms with Crippen LogP contribution in [-0.4, -0.2) is 59.4 Å². The first-order valence-corrected chi connectivity index (χ1v) is 18.4. The summed E-state index contributed by atoms with van der Waals surface area (Å²) < 4.78 is 31.5. The van der Waals surface area contributed by atoms with Gasteiger partial charge in [0.25, 0.3) is 0 Å². The zero-order valence-electron chi connectivity index (χ0n) is 28.1. The molecule has 4 aliphatic carbocycles. The minimum absolute atomic E-state index is 0.232. The summed E-state index contributed by atoms with van der Waals surface area (Å²) in [6.07, 6.45) is 18.9. The van der Waals surface area contributed by atoms with E-state index >= 15 is 0 Å². The van der Waals surface area contributed by atoms with Gasteiger partial charge in [0.2, 0.25) is 0 Å². The van der Waals surface area contributed by atoms with Crippen LogP contribution in [0.1, 0.15) is 118 Å². The van der Waals surface area contributed by atoms with Gasteiger partial charge in [-0.25, -0.2) is 0 Å². The van der Waals surface area contributed by atoms with Crippen molar-refractivity contribution in [2.45, 2.75) is 130 Å². The van der Waals surface area contributed by atoms with Gasteiger partial charge in [-0.15, -0.1) is 0 Å². The van der Waals surface area contributed by atoms with Crippen LogP contribution < -0.4 is 5.73 Å². The Balaban J connectivity index is 1.29. The standard InChI is InChI=1S/C35H64N2O4S/c1-25(2)10-8-11-26(3)30-14-15-31-29-13-12-27-24-28(16-19-34(27,4)32(29)17-20-35(30,31)5)41-33(36)18-22-37(6,7)21-9-23-40-42(38)39/h12,25-26,28-33H,8-11,13-24,36H2,1-7H3/p+1/t26-,28+,29+,30-,31+,32+,33?,34+,35-/m1/s1. The lowest BCUT2D eigenvalue weighted by Gasteiger charge is -2.58. The van der Waals surface area contributed by atoms with Crippen molar-refractivity contribution in [3.63, 3.8) is 0 Å². The number of nitrogens with two attached hydrogens (primary N) is 1. The Morgan fingerprint density at radius 3 is 2.50 bits per heavy atom. The summed E-state index contributed by atoms with van der Waals surface area (Å²) in [6, 6.07) is 0. The quantitative estimate of drug-likeness (QED) is 0.0654. The first kappa shape index (κ1) is 34.6. The molecule has 0 spiro atoms. The molecular weight excluding hydrogens is 544 g/mol. The molecule has 4 rings (SSSR count). The Bertz CT molecular complexity index is 940. The van der Waals surface area contributed by atoms with Crippen molar-refractivity contribution >= 4 is 11.4 Å². The predicted molar refractivity (Wildman–Crippen MR) is 174 cm³/mol. The van der Waals surface area contributed by atoms with Crippen molar-refractivity contribution in [1.82, 2.24) is 0 Å². The van der Waals surface area contributed by atoms with Crippen molar-refractivity contribution in [3.8, 4) is 0 Å². The van der Waals surface area contributed by atoms with Crippen LogP contribution in [-0.2, 0) is 20.3 Å². The number of allylic oxidation sites excluding steroid dienone is 1. The molecule has 0 aromatic heterocycles. The maximum atomic E-state index is 10.7. The van der Waals surface area contributed by atoms with Gasteiger partial charge in [0, 0.05) is 12.8 Å². The fourth-order valence-electron chi connectivity index (χ4n) is 10.3. The van der Waals surface area contributed by atoms with E-state index < -0.39 is 11.4 Å². The highest BCUT2D eigenvalue weighted by Gasteiger charge is 2.59. The van der Waals surface area contributed by atoms with Crippen LogP contribution in [0.3, 0.4) is 0 Å². The molecule has 4 aliphatic rings. The van der Waals surface area contributed by atoms with Crippen LogP contribution >= 0.6 is 0 Å². The topological polar surface area (TPSA) is 81.8 Å². The number of hydrogen-bond acceptors (Lipinski definition) is 4. The lowest BCUT2D eigenvalue weighted by molar-refractivity contribution is -0.891. The van der Waals surface area contributed by atoms with Crippen LogP contribution in [0.2, 0.25) is 0 Å². The molecule has 0 bridgehead atoms. The number of ether oxygens (including phenoxy) is 1. The summed E-state index contributed by atoms with van der Waals surface area (Å²) in [5.74, 6) is 5.23. The van der Waals surface area contributed by atoms with E-state index in [1.807, 2.05) is 0 Å². The molecule has 6 nitrogen and oxygen atoms in total. The monoisotopic (exact) mass is 609 g/mol. The molecule has 0 saturated heterocycles. The molecule has 7 heteroatoms. The van der Waals surface area contributed by atoms with Crippen LogP contribution in [0.4, 0.5) is 0 Å². The molecule has 3 fully saturated rings. The Morgan fingerprint density at radius 2 is 1.79 bits per heavy atom. The van der Waals surface area contributed by atoms with Gasteiger partial charge in [-0.2, -0.15) is 4.21 Å². The van der Waals surface area contributed by atoms with Crippen LogP contribution in [0.5, 0.6) is 0 Å². The number of fused-ring (bicyclic) bond motifs is 5. The van der Waals surface area contributed by atoms with Crippen molar-refractivity contribution < 1.29 is 22.2 Å². The first-order valence-electron chi connectivity index (χ1n) is 17.4. The van der Waals surface area contributed by atoms with E-state index in [0.29, 0.717) is 17.4 Å². The van der Waals surface area contributed by atoms with E-state index in [4.69, 9.17) is 19.2 Å². The predicted octanol–water partition coefficient (Wildman–Crippen LogP) is 7.71. The van der Waals surface area contributed by atoms with E-state index in [1.165, 1.54) is 57.8 Å². The smallest absolute Gasteiger partial charge is 0.301 e. The lowest BCUT2D eigenvalue weighted by atomic mass is 9.47. The minimum Gasteiger partial charge on any atom is -0.360 e. The second-order valence-electron chi connectivity index (χ2n) is 16.4. The molecule has 0 aromatic carbocycles. The molecule has 10 atom stereocenters. The maximum absolute atomic E-state index is 10.7. The average molecular weight is 610 g/mol. The number of quaternary nitrogens is 1. The van der Waals surface area contributed by atoms with Gasteiger partial charge in [-0.1, -0.05) is 65.5 Å². The zero-order chi connectivity index (χ0) is 30.7. The number of nitrogens with zero attached hydrogens (tertiary/aromatic N) is 1. The normalized spacial score (nSPS) is 37.0. The Morgan fingerprint density at radius 1 is 1.02 bits per heavy atom. The molecule has 244 valence electrons. The molecule has 0 aromatic rings. The highest BCUT2D eigenvalue weighted by Crippen LogP contribution is 2.67. The van der Waals surface area contributed by atoms with Gasteiger partial charge in [-0.3, -0.25) is 8.74 Å². The van der Waals surface area contributed by atoms with E-state index in [1.54, 1.807) is 5.57 Å². The first-order chi connectivity index (χ1) is 19.7. The fraction of sp³-hybridized carbons (Fsp3) is 0.943. The third-order valence-corrected chi connectivity index (χ3v) is 13.1. The summed E-state index contributed by atoms with van der Waals surface area (Å²) in [6.45, 7) is 14.7. The molecule has 2 unspecified atom stereocenters. The molecular formula is C35H65N2O4S+. The van der Waals surface area contributed by atoms with E-state index in [0.717, 1.165) is 78.8 Å². The lowest BCUT2D eigenvalue weighted by Crippen LogP contribution is -2.51. The molecule has 0 heterocycles. The second kappa shape index (κ2) is 14.4. The van der Waals surface area contributed by atoms with Crippen molar-refractivity contribution in [2.75, 3.05) is 33.8 Å². The Labute approximate surface area is 261 Å². The van der Waals surface area contributed by atoms with Crippen LogP contribution in [0, 0.1) is 46.3 Å². The summed E-state index contributed by atoms with van der Waals surface area (Å²) in [5, 5.41) is 0. The summed E-state index contributed by atoms with van der Waals surface area (Å²) >= 11 is -2.18. The number of hydrogen-bond donors (Lipinski definition) is 2. The minimum atomic E-state index is -2.18. The van der Waals surface area contributed by atoms with Gasteiger partial charge >= 0.3 is 11.4 Å². The largest absolute Gasteiger partial charge is 0.360 e. The molecule has 0 aliphatic heterocycles. The van der Waals surface area contributed by atoms with E-state index in [2.05, 4.69) is 54.8 Å². The molecule has 0 amide bonds. The van der Waals surface area contributed by atoms with E-state index in [9.17, 15) is 4.21 Å². The van der Waals surface area contributed by atoms with Crippen molar-refractivity contribution in [2.24, 2.45) is 52.1 Å². The molecule has 0 radical (unpaired) electrons. The van der Waals surface area contributed by atoms with Gasteiger partial charge in [-0.05, 0) is 97.7 Å². The Hall–Kier alpha value is -0.310. The summed E-state index contributed by atoms with van der Waals surface area (Å²) in [5.41, 5.74) is 9.08. The van der Waals surface area contributed by atoms with E-state index in [-0.39, 0.29) is 12.3 Å².